The van der Waals surface area contributed by atoms with Crippen LogP contribution in [0.1, 0.15) is 156 Å². The molecule has 0 radical (unpaired) electrons. The number of rotatable bonds is 15. The number of aliphatic hydroxyl groups is 1. The maximum Gasteiger partial charge on any atom is 0.246 e. The summed E-state index contributed by atoms with van der Waals surface area (Å²) in [7, 11) is 10.0. The molecule has 0 spiro atoms. The van der Waals surface area contributed by atoms with Gasteiger partial charge in [-0.15, -0.1) is 0 Å². The van der Waals surface area contributed by atoms with E-state index >= 15 is 9.59 Å². The van der Waals surface area contributed by atoms with Crippen LogP contribution in [-0.4, -0.2) is 227 Å². The van der Waals surface area contributed by atoms with E-state index in [1.807, 2.05) is 67.5 Å². The normalized spacial score (nSPS) is 27.7. The van der Waals surface area contributed by atoms with Crippen LogP contribution < -0.4 is 21.3 Å². The molecule has 5 N–H and O–H groups in total. The molecule has 13 atom stereocenters. The van der Waals surface area contributed by atoms with Crippen molar-refractivity contribution in [3.05, 3.63) is 12.2 Å². The van der Waals surface area contributed by atoms with E-state index in [9.17, 15) is 48.3 Å². The van der Waals surface area contributed by atoms with Crippen LogP contribution in [0, 0.1) is 41.4 Å². The largest absolute Gasteiger partial charge is 0.396 e. The third-order valence-electron chi connectivity index (χ3n) is 16.5. The Morgan fingerprint density at radius 3 is 1.32 bits per heavy atom. The number of nitrogens with zero attached hydrogens (tertiary/aromatic N) is 7. The van der Waals surface area contributed by atoms with Crippen molar-refractivity contribution in [1.29, 1.82) is 0 Å². The first-order valence-corrected chi connectivity index (χ1v) is 30.6. The Kier molecular flexibility index (Phi) is 31.5. The van der Waals surface area contributed by atoms with Gasteiger partial charge in [0.2, 0.25) is 65.0 Å². The van der Waals surface area contributed by atoms with Crippen LogP contribution >= 0.6 is 0 Å². The molecule has 0 aliphatic carbocycles. The van der Waals surface area contributed by atoms with Crippen molar-refractivity contribution in [3.8, 4) is 0 Å². The highest BCUT2D eigenvalue weighted by molar-refractivity contribution is 6.00. The summed E-state index contributed by atoms with van der Waals surface area (Å²) in [5.74, 6) is -9.77. The van der Waals surface area contributed by atoms with Gasteiger partial charge in [0, 0.05) is 61.9 Å². The van der Waals surface area contributed by atoms with Gasteiger partial charge in [0.05, 0.1) is 0 Å². The topological polar surface area (TPSA) is 279 Å². The van der Waals surface area contributed by atoms with Gasteiger partial charge in [-0.2, -0.15) is 0 Å². The average molecular weight is 1200 g/mol. The van der Waals surface area contributed by atoms with Crippen LogP contribution in [0.25, 0.3) is 0 Å². The van der Waals surface area contributed by atoms with E-state index in [2.05, 4.69) is 21.3 Å². The highest BCUT2D eigenvalue weighted by Crippen LogP contribution is 2.25. The molecule has 23 heteroatoms. The minimum Gasteiger partial charge on any atom is -0.396 e. The van der Waals surface area contributed by atoms with Crippen molar-refractivity contribution in [2.45, 2.75) is 223 Å². The first-order chi connectivity index (χ1) is 39.3. The predicted molar refractivity (Wildman–Crippen MR) is 328 cm³/mol. The second-order valence-corrected chi connectivity index (χ2v) is 25.9. The predicted octanol–water partition coefficient (Wildman–Crippen LogP) is 3.27. The number of aliphatic hydroxyl groups excluding tert-OH is 1. The fraction of sp³-hybridized carbons (Fsp3) is 0.790. The molecular formula is C62H111N11O12. The SMILES string of the molecule is C/C=C/C[C@@H](C)C[C@H]1C(=O)N[C@@H](CC)C(=O)N(C)[C@H](C)C(=O)N(C)[C@@H]([C@H](C)CO)C(=O)NC(C(C)C)C(=O)N(C)[C@@H](CC(C)C)C(=O)N[C@@H](C)C(=O)N[C@H](C)C(=O)N(C)[C@@H](CC(C)C)C(=O)N(C)[C@@H](CC(C)C)C(=O)N(C)C(C(C)C)C(=O)N1C. The third kappa shape index (κ3) is 21.1. The van der Waals surface area contributed by atoms with Crippen molar-refractivity contribution < 1.29 is 57.8 Å². The minimum atomic E-state index is -1.38. The molecular weight excluding hydrogens is 1090 g/mol. The quantitative estimate of drug-likeness (QED) is 0.148. The summed E-state index contributed by atoms with van der Waals surface area (Å²) in [4.78, 5) is 169. The van der Waals surface area contributed by atoms with Gasteiger partial charge in [0.25, 0.3) is 0 Å². The molecule has 1 rings (SSSR count). The number of hydrogen-bond acceptors (Lipinski definition) is 12. The zero-order chi connectivity index (χ0) is 66.0. The molecule has 1 saturated heterocycles. The van der Waals surface area contributed by atoms with Crippen LogP contribution in [-0.2, 0) is 52.7 Å². The summed E-state index contributed by atoms with van der Waals surface area (Å²) in [6.45, 7) is 29.0. The number of nitrogens with one attached hydrogen (secondary N) is 4. The van der Waals surface area contributed by atoms with Crippen molar-refractivity contribution >= 4 is 65.0 Å². The molecule has 23 nitrogen and oxygen atoms in total. The number of amides is 11. The molecule has 0 saturated carbocycles. The van der Waals surface area contributed by atoms with Crippen LogP contribution in [0.15, 0.2) is 12.2 Å². The van der Waals surface area contributed by atoms with Crippen molar-refractivity contribution in [1.82, 2.24) is 55.6 Å². The van der Waals surface area contributed by atoms with Gasteiger partial charge in [-0.25, -0.2) is 0 Å². The molecule has 1 heterocycles. The van der Waals surface area contributed by atoms with Crippen LogP contribution in [0.5, 0.6) is 0 Å². The van der Waals surface area contributed by atoms with Gasteiger partial charge >= 0.3 is 0 Å². The molecule has 0 aromatic carbocycles. The Bertz CT molecular complexity index is 2330. The summed E-state index contributed by atoms with van der Waals surface area (Å²) < 4.78 is 0. The molecule has 1 aliphatic heterocycles. The van der Waals surface area contributed by atoms with Crippen LogP contribution in [0.4, 0.5) is 0 Å². The lowest BCUT2D eigenvalue weighted by atomic mass is 9.93. The fourth-order valence-corrected chi connectivity index (χ4v) is 10.9. The molecule has 486 valence electrons. The van der Waals surface area contributed by atoms with E-state index in [0.29, 0.717) is 6.42 Å². The first-order valence-electron chi connectivity index (χ1n) is 30.6. The lowest BCUT2D eigenvalue weighted by molar-refractivity contribution is -0.156. The van der Waals surface area contributed by atoms with E-state index in [-0.39, 0.29) is 55.8 Å². The van der Waals surface area contributed by atoms with E-state index < -0.39 is 156 Å². The molecule has 0 aromatic rings. The molecule has 0 aromatic heterocycles. The molecule has 85 heavy (non-hydrogen) atoms. The Labute approximate surface area is 508 Å². The minimum absolute atomic E-state index is 0.0693. The number of carbonyl (C=O) groups is 11. The Morgan fingerprint density at radius 1 is 0.435 bits per heavy atom. The van der Waals surface area contributed by atoms with E-state index in [1.165, 1.54) is 94.6 Å². The van der Waals surface area contributed by atoms with Gasteiger partial charge in [0.1, 0.15) is 66.5 Å². The summed E-state index contributed by atoms with van der Waals surface area (Å²) in [5.41, 5.74) is 0. The van der Waals surface area contributed by atoms with E-state index in [0.717, 1.165) is 9.80 Å². The Hall–Kier alpha value is -6.13. The summed E-state index contributed by atoms with van der Waals surface area (Å²) in [6.07, 6.45) is 5.08. The van der Waals surface area contributed by atoms with Gasteiger partial charge in [-0.3, -0.25) is 52.7 Å². The van der Waals surface area contributed by atoms with Crippen molar-refractivity contribution in [2.24, 2.45) is 41.4 Å². The molecule has 11 amide bonds. The molecule has 1 fully saturated rings. The highest BCUT2D eigenvalue weighted by atomic mass is 16.3. The molecule has 0 bridgehead atoms. The second kappa shape index (κ2) is 34.9. The second-order valence-electron chi connectivity index (χ2n) is 25.9. The number of allylic oxidation sites excluding steroid dienone is 2. The van der Waals surface area contributed by atoms with Crippen LogP contribution in [0.3, 0.4) is 0 Å². The Morgan fingerprint density at radius 2 is 0.859 bits per heavy atom. The van der Waals surface area contributed by atoms with E-state index in [1.54, 1.807) is 41.5 Å². The number of hydrogen-bond donors (Lipinski definition) is 5. The lowest BCUT2D eigenvalue weighted by Gasteiger charge is -2.41. The Balaban J connectivity index is 4.33. The average Bonchev–Trinajstić information content (AvgIpc) is 3.57. The van der Waals surface area contributed by atoms with Crippen molar-refractivity contribution in [2.75, 3.05) is 55.9 Å². The summed E-state index contributed by atoms with van der Waals surface area (Å²) >= 11 is 0. The summed E-state index contributed by atoms with van der Waals surface area (Å²) in [5, 5.41) is 21.5. The summed E-state index contributed by atoms with van der Waals surface area (Å²) in [6, 6.07) is -13.2. The maximum absolute atomic E-state index is 15.1. The monoisotopic (exact) mass is 1200 g/mol. The maximum atomic E-state index is 15.1. The first kappa shape index (κ1) is 76.9. The van der Waals surface area contributed by atoms with Gasteiger partial charge in [-0.05, 0) is 102 Å². The van der Waals surface area contributed by atoms with Crippen LogP contribution in [0.2, 0.25) is 0 Å². The third-order valence-corrected chi connectivity index (χ3v) is 16.5. The van der Waals surface area contributed by atoms with Gasteiger partial charge < -0.3 is 60.7 Å². The van der Waals surface area contributed by atoms with Gasteiger partial charge in [-0.1, -0.05) is 102 Å². The van der Waals surface area contributed by atoms with Crippen molar-refractivity contribution in [3.63, 3.8) is 0 Å². The zero-order valence-corrected chi connectivity index (χ0v) is 56.1. The fourth-order valence-electron chi connectivity index (χ4n) is 10.9. The molecule has 1 aliphatic rings. The van der Waals surface area contributed by atoms with E-state index in [4.69, 9.17) is 0 Å². The highest BCUT2D eigenvalue weighted by Gasteiger charge is 2.45. The number of carbonyl (C=O) groups excluding carboxylic acids is 11. The smallest absolute Gasteiger partial charge is 0.246 e. The zero-order valence-electron chi connectivity index (χ0n) is 56.1. The number of likely N-dealkylation sites (N-methyl/N-ethyl adjacent to an activating group) is 7. The lowest BCUT2D eigenvalue weighted by Crippen LogP contribution is -2.62. The molecule has 2 unspecified atom stereocenters. The van der Waals surface area contributed by atoms with Gasteiger partial charge in [0.15, 0.2) is 0 Å². The standard InChI is InChI=1S/C62H111N11O12/c1-25-27-28-39(13)32-46-54(77)65-44(26-2)58(81)67(18)43(17)57(80)73(24)51(40(14)33-74)55(78)66-49(37(9)10)61(84)68(19)45(29-34(3)4)53(76)63-41(15)52(75)64-42(16)56(79)70(21)47(30-35(5)6)59(82)71(22)48(31-36(7)8)60(83)72(23)50(38(11)12)62(85)69(46)20/h25,27,34-51,74H,26,28-33H2,1-24H3,(H,63,76)(H,64,75)(H,65,77)(H,66,78)/b27-25+/t39-,40-,41+,42-,43-,44+,45+,46+,47+,48+,49?,50?,51+/m1/s1.